The summed E-state index contributed by atoms with van der Waals surface area (Å²) in [5.74, 6) is 0.912. The van der Waals surface area contributed by atoms with E-state index < -0.39 is 0 Å². The highest BCUT2D eigenvalue weighted by molar-refractivity contribution is 6.31. The van der Waals surface area contributed by atoms with E-state index in [1.807, 2.05) is 31.2 Å². The van der Waals surface area contributed by atoms with Crippen LogP contribution in [0.5, 0.6) is 0 Å². The van der Waals surface area contributed by atoms with Gasteiger partial charge in [-0.15, -0.1) is 0 Å². The van der Waals surface area contributed by atoms with E-state index in [1.54, 1.807) is 17.7 Å². The van der Waals surface area contributed by atoms with Gasteiger partial charge in [0.05, 0.1) is 11.2 Å². The molecule has 1 fully saturated rings. The molecule has 0 spiro atoms. The van der Waals surface area contributed by atoms with Crippen LogP contribution < -0.4 is 10.5 Å². The zero-order chi connectivity index (χ0) is 21.7. The Kier molecular flexibility index (Phi) is 4.71. The molecule has 0 bridgehead atoms. The number of anilines is 1. The lowest BCUT2D eigenvalue weighted by Crippen LogP contribution is -2.35. The van der Waals surface area contributed by atoms with Gasteiger partial charge in [-0.1, -0.05) is 23.2 Å². The van der Waals surface area contributed by atoms with Crippen LogP contribution in [0.25, 0.3) is 22.0 Å². The SMILES string of the molecule is Cc1ccc2c(c1)c(N1CCC(c3nc4ccc(Cl)cc4o3)CC1)c(C#N)c(=O)n2C. The van der Waals surface area contributed by atoms with Crippen molar-refractivity contribution in [2.75, 3.05) is 18.0 Å². The van der Waals surface area contributed by atoms with Gasteiger partial charge in [-0.3, -0.25) is 4.79 Å². The molecule has 3 heterocycles. The van der Waals surface area contributed by atoms with Crippen LogP contribution in [0.15, 0.2) is 45.6 Å². The highest BCUT2D eigenvalue weighted by atomic mass is 35.5. The molecule has 1 saturated heterocycles. The Hall–Kier alpha value is -3.30. The van der Waals surface area contributed by atoms with E-state index in [1.165, 1.54) is 0 Å². The summed E-state index contributed by atoms with van der Waals surface area (Å²) in [4.78, 5) is 19.7. The van der Waals surface area contributed by atoms with Crippen molar-refractivity contribution in [3.05, 3.63) is 68.8 Å². The molecule has 6 nitrogen and oxygen atoms in total. The number of oxazole rings is 1. The standard InChI is InChI=1S/C24H21ClN4O2/c1-14-3-6-20-17(11-14)22(18(13-26)24(30)28(20)2)29-9-7-15(8-10-29)23-27-19-5-4-16(25)12-21(19)31-23/h3-6,11-12,15H,7-10H2,1-2H3. The number of nitriles is 1. The number of aromatic nitrogens is 2. The topological polar surface area (TPSA) is 75.1 Å². The monoisotopic (exact) mass is 432 g/mol. The summed E-state index contributed by atoms with van der Waals surface area (Å²) in [6.45, 7) is 3.45. The third-order valence-corrected chi connectivity index (χ3v) is 6.40. The summed E-state index contributed by atoms with van der Waals surface area (Å²) in [6.07, 6.45) is 1.65. The Labute approximate surface area is 184 Å². The van der Waals surface area contributed by atoms with Gasteiger partial charge in [-0.05, 0) is 44.0 Å². The molecule has 0 saturated carbocycles. The Balaban J connectivity index is 1.50. The number of halogens is 1. The van der Waals surface area contributed by atoms with Crippen molar-refractivity contribution >= 4 is 39.3 Å². The molecule has 1 aliphatic heterocycles. The first-order valence-corrected chi connectivity index (χ1v) is 10.7. The van der Waals surface area contributed by atoms with Crippen molar-refractivity contribution in [1.82, 2.24) is 9.55 Å². The largest absolute Gasteiger partial charge is 0.440 e. The van der Waals surface area contributed by atoms with Crippen LogP contribution >= 0.6 is 11.6 Å². The lowest BCUT2D eigenvalue weighted by atomic mass is 9.95. The second-order valence-corrected chi connectivity index (χ2v) is 8.58. The summed E-state index contributed by atoms with van der Waals surface area (Å²) >= 11 is 6.06. The maximum absolute atomic E-state index is 12.9. The second-order valence-electron chi connectivity index (χ2n) is 8.15. The van der Waals surface area contributed by atoms with Crippen molar-refractivity contribution in [1.29, 1.82) is 5.26 Å². The molecular formula is C24H21ClN4O2. The van der Waals surface area contributed by atoms with E-state index in [0.29, 0.717) is 10.6 Å². The molecule has 0 atom stereocenters. The van der Waals surface area contributed by atoms with E-state index in [0.717, 1.165) is 59.5 Å². The summed E-state index contributed by atoms with van der Waals surface area (Å²) < 4.78 is 7.54. The predicted molar refractivity (Wildman–Crippen MR) is 122 cm³/mol. The van der Waals surface area contributed by atoms with Crippen LogP contribution in [-0.4, -0.2) is 22.6 Å². The molecule has 1 aliphatic rings. The van der Waals surface area contributed by atoms with Crippen LogP contribution in [0, 0.1) is 18.3 Å². The maximum atomic E-state index is 12.9. The molecule has 5 rings (SSSR count). The number of hydrogen-bond acceptors (Lipinski definition) is 5. The number of nitrogens with zero attached hydrogens (tertiary/aromatic N) is 4. The Bertz CT molecular complexity index is 1420. The number of pyridine rings is 1. The first-order valence-electron chi connectivity index (χ1n) is 10.3. The molecule has 156 valence electrons. The number of rotatable bonds is 2. The zero-order valence-electron chi connectivity index (χ0n) is 17.4. The van der Waals surface area contributed by atoms with Gasteiger partial charge in [0.1, 0.15) is 17.1 Å². The van der Waals surface area contributed by atoms with Gasteiger partial charge in [0.2, 0.25) is 0 Å². The lowest BCUT2D eigenvalue weighted by molar-refractivity contribution is 0.407. The molecule has 0 amide bonds. The van der Waals surface area contributed by atoms with Crippen LogP contribution in [0.2, 0.25) is 5.02 Å². The maximum Gasteiger partial charge on any atom is 0.270 e. The van der Waals surface area contributed by atoms with Crippen LogP contribution in [0.1, 0.15) is 35.8 Å². The zero-order valence-corrected chi connectivity index (χ0v) is 18.1. The Morgan fingerprint density at radius 3 is 2.71 bits per heavy atom. The van der Waals surface area contributed by atoms with E-state index in [2.05, 4.69) is 22.0 Å². The third-order valence-electron chi connectivity index (χ3n) is 6.16. The highest BCUT2D eigenvalue weighted by Gasteiger charge is 2.28. The minimum atomic E-state index is -0.258. The summed E-state index contributed by atoms with van der Waals surface area (Å²) in [5.41, 5.74) is 4.12. The fraction of sp³-hybridized carbons (Fsp3) is 0.292. The number of hydrogen-bond donors (Lipinski definition) is 0. The molecule has 2 aromatic carbocycles. The molecule has 7 heteroatoms. The van der Waals surface area contributed by atoms with Crippen molar-refractivity contribution in [3.8, 4) is 6.07 Å². The van der Waals surface area contributed by atoms with Gasteiger partial charge < -0.3 is 13.9 Å². The van der Waals surface area contributed by atoms with E-state index in [9.17, 15) is 10.1 Å². The quantitative estimate of drug-likeness (QED) is 0.450. The molecule has 0 unspecified atom stereocenters. The molecule has 31 heavy (non-hydrogen) atoms. The number of fused-ring (bicyclic) bond motifs is 2. The molecule has 0 aliphatic carbocycles. The van der Waals surface area contributed by atoms with E-state index in [-0.39, 0.29) is 17.0 Å². The molecule has 0 N–H and O–H groups in total. The molecule has 2 aromatic heterocycles. The van der Waals surface area contributed by atoms with Gasteiger partial charge in [0.25, 0.3) is 5.56 Å². The minimum Gasteiger partial charge on any atom is -0.440 e. The summed E-state index contributed by atoms with van der Waals surface area (Å²) in [5, 5.41) is 11.4. The average molecular weight is 433 g/mol. The van der Waals surface area contributed by atoms with E-state index in [4.69, 9.17) is 16.0 Å². The van der Waals surface area contributed by atoms with Crippen molar-refractivity contribution in [2.45, 2.75) is 25.7 Å². The Morgan fingerprint density at radius 2 is 1.97 bits per heavy atom. The van der Waals surface area contributed by atoms with Gasteiger partial charge in [-0.2, -0.15) is 5.26 Å². The van der Waals surface area contributed by atoms with Crippen molar-refractivity contribution in [3.63, 3.8) is 0 Å². The van der Waals surface area contributed by atoms with Crippen LogP contribution in [0.3, 0.4) is 0 Å². The van der Waals surface area contributed by atoms with Crippen molar-refractivity contribution < 1.29 is 4.42 Å². The number of piperidine rings is 1. The number of benzene rings is 2. The summed E-state index contributed by atoms with van der Waals surface area (Å²) in [7, 11) is 1.72. The van der Waals surface area contributed by atoms with Gasteiger partial charge in [-0.25, -0.2) is 4.98 Å². The third kappa shape index (κ3) is 3.26. The summed E-state index contributed by atoms with van der Waals surface area (Å²) in [6, 6.07) is 13.6. The smallest absolute Gasteiger partial charge is 0.270 e. The predicted octanol–water partition coefficient (Wildman–Crippen LogP) is 4.90. The molecule has 4 aromatic rings. The Morgan fingerprint density at radius 1 is 1.19 bits per heavy atom. The fourth-order valence-electron chi connectivity index (χ4n) is 4.52. The van der Waals surface area contributed by atoms with Gasteiger partial charge in [0, 0.05) is 42.5 Å². The number of aryl methyl sites for hydroxylation is 2. The van der Waals surface area contributed by atoms with Crippen molar-refractivity contribution in [2.24, 2.45) is 7.05 Å². The molecular weight excluding hydrogens is 412 g/mol. The first-order chi connectivity index (χ1) is 15.0. The molecule has 0 radical (unpaired) electrons. The minimum absolute atomic E-state index is 0.188. The fourth-order valence-corrected chi connectivity index (χ4v) is 4.68. The van der Waals surface area contributed by atoms with E-state index >= 15 is 0 Å². The van der Waals surface area contributed by atoms with Crippen LogP contribution in [-0.2, 0) is 7.05 Å². The lowest BCUT2D eigenvalue weighted by Gasteiger charge is -2.33. The highest BCUT2D eigenvalue weighted by Crippen LogP contribution is 2.36. The van der Waals surface area contributed by atoms with Gasteiger partial charge >= 0.3 is 0 Å². The normalized spacial score (nSPS) is 15.0. The second kappa shape index (κ2) is 7.44. The van der Waals surface area contributed by atoms with Crippen LogP contribution in [0.4, 0.5) is 5.69 Å². The average Bonchev–Trinajstić information content (AvgIpc) is 3.19. The van der Waals surface area contributed by atoms with Gasteiger partial charge in [0.15, 0.2) is 11.5 Å². The first kappa shape index (κ1) is 19.7.